The fraction of sp³-hybridized carbons (Fsp3) is 0.350. The summed E-state index contributed by atoms with van der Waals surface area (Å²) in [5, 5.41) is 5.93. The summed E-state index contributed by atoms with van der Waals surface area (Å²) < 4.78 is 57.3. The molecule has 2 aromatic rings. The summed E-state index contributed by atoms with van der Waals surface area (Å²) in [6.07, 6.45) is 0.430. The van der Waals surface area contributed by atoms with Gasteiger partial charge in [0.25, 0.3) is 0 Å². The van der Waals surface area contributed by atoms with E-state index in [4.69, 9.17) is 4.74 Å². The topological polar surface area (TPSA) is 79.8 Å². The van der Waals surface area contributed by atoms with Crippen molar-refractivity contribution < 1.29 is 21.9 Å². The van der Waals surface area contributed by atoms with Gasteiger partial charge in [0.15, 0.2) is 15.8 Å². The quantitative estimate of drug-likeness (QED) is 0.283. The molecule has 2 aromatic carbocycles. The van der Waals surface area contributed by atoms with Crippen LogP contribution in [0.2, 0.25) is 0 Å². The van der Waals surface area contributed by atoms with Gasteiger partial charge in [-0.05, 0) is 30.7 Å². The number of ether oxygens (including phenoxy) is 1. The van der Waals surface area contributed by atoms with E-state index in [0.717, 1.165) is 6.07 Å². The van der Waals surface area contributed by atoms with Crippen molar-refractivity contribution in [1.82, 2.24) is 10.6 Å². The molecular formula is C20H26F2IN3O3S. The van der Waals surface area contributed by atoms with Gasteiger partial charge < -0.3 is 15.4 Å². The predicted octanol–water partition coefficient (Wildman–Crippen LogP) is 3.38. The van der Waals surface area contributed by atoms with Gasteiger partial charge in [0.2, 0.25) is 0 Å². The van der Waals surface area contributed by atoms with Crippen molar-refractivity contribution in [2.24, 2.45) is 4.99 Å². The third-order valence-corrected chi connectivity index (χ3v) is 5.85. The normalized spacial score (nSPS) is 12.6. The highest BCUT2D eigenvalue weighted by Gasteiger charge is 2.18. The molecule has 0 aliphatic carbocycles. The number of rotatable bonds is 9. The van der Waals surface area contributed by atoms with Crippen molar-refractivity contribution >= 4 is 39.8 Å². The summed E-state index contributed by atoms with van der Waals surface area (Å²) in [6.45, 7) is 2.37. The minimum atomic E-state index is -3.76. The first-order chi connectivity index (χ1) is 13.9. The van der Waals surface area contributed by atoms with Crippen LogP contribution in [0.5, 0.6) is 5.75 Å². The van der Waals surface area contributed by atoms with Crippen molar-refractivity contribution in [3.63, 3.8) is 0 Å². The average molecular weight is 553 g/mol. The maximum Gasteiger partial charge on any atom is 0.191 e. The lowest BCUT2D eigenvalue weighted by Gasteiger charge is -2.20. The Morgan fingerprint density at radius 2 is 1.87 bits per heavy atom. The Balaban J connectivity index is 0.00000450. The molecule has 0 amide bonds. The van der Waals surface area contributed by atoms with E-state index in [0.29, 0.717) is 24.7 Å². The van der Waals surface area contributed by atoms with Gasteiger partial charge in [-0.1, -0.05) is 25.1 Å². The van der Waals surface area contributed by atoms with Crippen molar-refractivity contribution in [3.05, 3.63) is 60.2 Å². The molecule has 0 bridgehead atoms. The molecular weight excluding hydrogens is 527 g/mol. The first-order valence-corrected chi connectivity index (χ1v) is 10.8. The van der Waals surface area contributed by atoms with Crippen LogP contribution in [0.4, 0.5) is 8.78 Å². The number of hydrogen-bond acceptors (Lipinski definition) is 4. The number of nitrogens with zero attached hydrogens (tertiary/aromatic N) is 1. The minimum absolute atomic E-state index is 0. The molecule has 0 fully saturated rings. The predicted molar refractivity (Wildman–Crippen MR) is 124 cm³/mol. The number of nitrogens with one attached hydrogen (secondary N) is 2. The fourth-order valence-corrected chi connectivity index (χ4v) is 3.79. The first kappa shape index (κ1) is 26.1. The molecule has 0 saturated carbocycles. The summed E-state index contributed by atoms with van der Waals surface area (Å²) in [7, 11) is -2.21. The van der Waals surface area contributed by atoms with E-state index in [-0.39, 0.29) is 53.1 Å². The third kappa shape index (κ3) is 8.05. The van der Waals surface area contributed by atoms with Gasteiger partial charge in [-0.15, -0.1) is 24.0 Å². The van der Waals surface area contributed by atoms with Crippen molar-refractivity contribution in [2.45, 2.75) is 24.3 Å². The number of halogens is 3. The van der Waals surface area contributed by atoms with Crippen molar-refractivity contribution in [1.29, 1.82) is 0 Å². The molecule has 0 aliphatic rings. The van der Waals surface area contributed by atoms with Crippen molar-refractivity contribution in [2.75, 3.05) is 25.9 Å². The molecule has 1 atom stereocenters. The van der Waals surface area contributed by atoms with E-state index >= 15 is 0 Å². The van der Waals surface area contributed by atoms with Crippen LogP contribution in [0.25, 0.3) is 0 Å². The molecule has 0 radical (unpaired) electrons. The van der Waals surface area contributed by atoms with Gasteiger partial charge in [-0.25, -0.2) is 17.2 Å². The van der Waals surface area contributed by atoms with Gasteiger partial charge in [-0.2, -0.15) is 0 Å². The number of hydrogen-bond donors (Lipinski definition) is 2. The van der Waals surface area contributed by atoms with Gasteiger partial charge in [0.1, 0.15) is 28.4 Å². The summed E-state index contributed by atoms with van der Waals surface area (Å²) in [5.74, 6) is -0.618. The molecule has 0 spiro atoms. The van der Waals surface area contributed by atoms with E-state index in [1.807, 2.05) is 6.92 Å². The average Bonchev–Trinajstić information content (AvgIpc) is 2.69. The first-order valence-electron chi connectivity index (χ1n) is 9.19. The molecule has 166 valence electrons. The maximum absolute atomic E-state index is 13.7. The van der Waals surface area contributed by atoms with Gasteiger partial charge in [-0.3, -0.25) is 4.99 Å². The van der Waals surface area contributed by atoms with Crippen LogP contribution in [-0.2, 0) is 9.84 Å². The van der Waals surface area contributed by atoms with E-state index in [1.165, 1.54) is 30.3 Å². The number of guanidine groups is 1. The standard InChI is InChI=1S/C20H25F2N3O3S.HI/c1-3-16(28-17-8-6-7-15(21)13-17)14-25-20(23-2)24-11-12-29(26,27)19-10-5-4-9-18(19)22;/h4-10,13,16H,3,11-12,14H2,1-2H3,(H2,23,24,25);1H. The Hall–Kier alpha value is -1.95. The second-order valence-corrected chi connectivity index (χ2v) is 8.31. The van der Waals surface area contributed by atoms with Gasteiger partial charge in [0.05, 0.1) is 12.3 Å². The Bertz CT molecular complexity index is 942. The molecule has 0 heterocycles. The third-order valence-electron chi connectivity index (χ3n) is 4.11. The van der Waals surface area contributed by atoms with Crippen LogP contribution < -0.4 is 15.4 Å². The summed E-state index contributed by atoms with van der Waals surface area (Å²) in [5.41, 5.74) is 0. The van der Waals surface area contributed by atoms with Gasteiger partial charge >= 0.3 is 0 Å². The second kappa shape index (κ2) is 12.7. The SMILES string of the molecule is CCC(CNC(=NC)NCCS(=O)(=O)c1ccccc1F)Oc1cccc(F)c1.I. The lowest BCUT2D eigenvalue weighted by atomic mass is 10.2. The lowest BCUT2D eigenvalue weighted by Crippen LogP contribution is -2.43. The van der Waals surface area contributed by atoms with Gasteiger partial charge in [0, 0.05) is 19.7 Å². The Morgan fingerprint density at radius 1 is 1.13 bits per heavy atom. The smallest absolute Gasteiger partial charge is 0.191 e. The van der Waals surface area contributed by atoms with Crippen LogP contribution in [0, 0.1) is 11.6 Å². The van der Waals surface area contributed by atoms with Crippen LogP contribution >= 0.6 is 24.0 Å². The van der Waals surface area contributed by atoms with Crippen LogP contribution in [0.15, 0.2) is 58.4 Å². The fourth-order valence-electron chi connectivity index (χ4n) is 2.54. The lowest BCUT2D eigenvalue weighted by molar-refractivity contribution is 0.199. The largest absolute Gasteiger partial charge is 0.489 e. The van der Waals surface area contributed by atoms with Crippen LogP contribution in [0.3, 0.4) is 0 Å². The molecule has 0 aliphatic heterocycles. The van der Waals surface area contributed by atoms with E-state index in [1.54, 1.807) is 19.2 Å². The summed E-state index contributed by atoms with van der Waals surface area (Å²) >= 11 is 0. The Morgan fingerprint density at radius 3 is 2.50 bits per heavy atom. The number of sulfone groups is 1. The highest BCUT2D eigenvalue weighted by atomic mass is 127. The van der Waals surface area contributed by atoms with Crippen molar-refractivity contribution in [3.8, 4) is 5.75 Å². The molecule has 2 rings (SSSR count). The van der Waals surface area contributed by atoms with E-state index in [9.17, 15) is 17.2 Å². The summed E-state index contributed by atoms with van der Waals surface area (Å²) in [4.78, 5) is 3.72. The maximum atomic E-state index is 13.7. The number of aliphatic imine (C=N–C) groups is 1. The Kier molecular flexibility index (Phi) is 11.0. The molecule has 1 unspecified atom stereocenters. The zero-order valence-corrected chi connectivity index (χ0v) is 19.9. The molecule has 30 heavy (non-hydrogen) atoms. The minimum Gasteiger partial charge on any atom is -0.489 e. The Labute approximate surface area is 193 Å². The monoisotopic (exact) mass is 553 g/mol. The highest BCUT2D eigenvalue weighted by Crippen LogP contribution is 2.15. The highest BCUT2D eigenvalue weighted by molar-refractivity contribution is 14.0. The molecule has 0 saturated heterocycles. The van der Waals surface area contributed by atoms with Crippen LogP contribution in [-0.4, -0.2) is 46.4 Å². The number of benzene rings is 2. The summed E-state index contributed by atoms with van der Waals surface area (Å²) in [6, 6.07) is 11.2. The molecule has 0 aromatic heterocycles. The molecule has 6 nitrogen and oxygen atoms in total. The molecule has 2 N–H and O–H groups in total. The molecule has 10 heteroatoms. The second-order valence-electron chi connectivity index (χ2n) is 6.23. The zero-order valence-electron chi connectivity index (χ0n) is 16.8. The van der Waals surface area contributed by atoms with E-state index < -0.39 is 15.7 Å². The zero-order chi connectivity index (χ0) is 21.3. The van der Waals surface area contributed by atoms with Crippen LogP contribution in [0.1, 0.15) is 13.3 Å². The van der Waals surface area contributed by atoms with E-state index in [2.05, 4.69) is 15.6 Å².